The monoisotopic (exact) mass is 274 g/mol. The summed E-state index contributed by atoms with van der Waals surface area (Å²) in [5, 5.41) is 3.69. The summed E-state index contributed by atoms with van der Waals surface area (Å²) in [6, 6.07) is 9.52. The van der Waals surface area contributed by atoms with Crippen molar-refractivity contribution >= 4 is 5.69 Å². The van der Waals surface area contributed by atoms with Crippen LogP contribution in [0, 0.1) is 0 Å². The molecule has 0 aliphatic carbocycles. The molecule has 0 aromatic heterocycles. The molecule has 1 unspecified atom stereocenters. The lowest BCUT2D eigenvalue weighted by molar-refractivity contribution is 0.144. The van der Waals surface area contributed by atoms with E-state index in [1.54, 1.807) is 0 Å². The van der Waals surface area contributed by atoms with Crippen LogP contribution in [-0.4, -0.2) is 37.2 Å². The Morgan fingerprint density at radius 3 is 2.90 bits per heavy atom. The van der Waals surface area contributed by atoms with Crippen molar-refractivity contribution in [2.45, 2.75) is 44.7 Å². The van der Waals surface area contributed by atoms with Gasteiger partial charge < -0.3 is 10.1 Å². The third-order valence-corrected chi connectivity index (χ3v) is 4.35. The molecule has 0 spiro atoms. The molecule has 0 saturated carbocycles. The molecule has 0 amide bonds. The lowest BCUT2D eigenvalue weighted by atomic mass is 10.1. The largest absolute Gasteiger partial charge is 0.382 e. The fourth-order valence-electron chi connectivity index (χ4n) is 3.24. The topological polar surface area (TPSA) is 24.5 Å². The molecule has 1 aromatic carbocycles. The van der Waals surface area contributed by atoms with Crippen LogP contribution < -0.4 is 5.32 Å². The molecule has 0 radical (unpaired) electrons. The second-order valence-corrected chi connectivity index (χ2v) is 6.07. The van der Waals surface area contributed by atoms with Crippen molar-refractivity contribution in [1.29, 1.82) is 0 Å². The maximum absolute atomic E-state index is 5.53. The van der Waals surface area contributed by atoms with Gasteiger partial charge in [-0.3, -0.25) is 4.90 Å². The number of nitrogens with zero attached hydrogens (tertiary/aromatic N) is 1. The zero-order chi connectivity index (χ0) is 13.6. The van der Waals surface area contributed by atoms with E-state index in [4.69, 9.17) is 4.74 Å². The van der Waals surface area contributed by atoms with Crippen LogP contribution in [0.4, 0.5) is 5.69 Å². The third-order valence-electron chi connectivity index (χ3n) is 4.35. The Bertz CT molecular complexity index is 407. The van der Waals surface area contributed by atoms with Crippen molar-refractivity contribution in [1.82, 2.24) is 4.90 Å². The highest BCUT2D eigenvalue weighted by Gasteiger charge is 2.14. The first kappa shape index (κ1) is 13.9. The van der Waals surface area contributed by atoms with Gasteiger partial charge in [-0.25, -0.2) is 0 Å². The highest BCUT2D eigenvalue weighted by Crippen LogP contribution is 2.19. The van der Waals surface area contributed by atoms with Gasteiger partial charge in [-0.15, -0.1) is 0 Å². The summed E-state index contributed by atoms with van der Waals surface area (Å²) >= 11 is 0. The van der Waals surface area contributed by atoms with Crippen molar-refractivity contribution in [3.8, 4) is 0 Å². The summed E-state index contributed by atoms with van der Waals surface area (Å²) in [6.07, 6.45) is 6.23. The molecule has 2 fully saturated rings. The summed E-state index contributed by atoms with van der Waals surface area (Å²) < 4.78 is 5.53. The molecule has 1 atom stereocenters. The minimum Gasteiger partial charge on any atom is -0.382 e. The van der Waals surface area contributed by atoms with Crippen LogP contribution in [0.1, 0.15) is 37.7 Å². The summed E-state index contributed by atoms with van der Waals surface area (Å²) in [5.41, 5.74) is 2.70. The Labute approximate surface area is 122 Å². The Morgan fingerprint density at radius 2 is 2.00 bits per heavy atom. The molecule has 110 valence electrons. The van der Waals surface area contributed by atoms with E-state index in [0.29, 0.717) is 6.04 Å². The maximum Gasteiger partial charge on any atom is 0.0485 e. The Balaban J connectivity index is 1.58. The number of hydrogen-bond donors (Lipinski definition) is 1. The van der Waals surface area contributed by atoms with Crippen LogP contribution in [-0.2, 0) is 11.3 Å². The highest BCUT2D eigenvalue weighted by molar-refractivity contribution is 5.46. The standard InChI is InChI=1S/C17H26N2O/c1-2-10-19(9-1)14-15-5-3-6-17(13-15)18-16-7-4-11-20-12-8-16/h3,5-6,13,16,18H,1-2,4,7-12,14H2. The number of nitrogens with one attached hydrogen (secondary N) is 1. The van der Waals surface area contributed by atoms with E-state index >= 15 is 0 Å². The zero-order valence-corrected chi connectivity index (χ0v) is 12.3. The van der Waals surface area contributed by atoms with Gasteiger partial charge in [0, 0.05) is 31.5 Å². The van der Waals surface area contributed by atoms with E-state index in [1.807, 2.05) is 0 Å². The summed E-state index contributed by atoms with van der Waals surface area (Å²) in [6.45, 7) is 5.44. The van der Waals surface area contributed by atoms with Crippen molar-refractivity contribution < 1.29 is 4.74 Å². The van der Waals surface area contributed by atoms with Gasteiger partial charge in [0.15, 0.2) is 0 Å². The number of likely N-dealkylation sites (tertiary alicyclic amines) is 1. The Hall–Kier alpha value is -1.06. The second kappa shape index (κ2) is 7.09. The molecule has 2 aliphatic rings. The first-order valence-electron chi connectivity index (χ1n) is 8.06. The fraction of sp³-hybridized carbons (Fsp3) is 0.647. The normalized spacial score (nSPS) is 24.5. The van der Waals surface area contributed by atoms with E-state index in [1.165, 1.54) is 50.0 Å². The van der Waals surface area contributed by atoms with Gasteiger partial charge in [0.2, 0.25) is 0 Å². The Kier molecular flexibility index (Phi) is 4.93. The smallest absolute Gasteiger partial charge is 0.0485 e. The lowest BCUT2D eigenvalue weighted by Gasteiger charge is -2.19. The molecular formula is C17H26N2O. The third kappa shape index (κ3) is 3.97. The predicted octanol–water partition coefficient (Wildman–Crippen LogP) is 3.26. The van der Waals surface area contributed by atoms with Gasteiger partial charge in [-0.2, -0.15) is 0 Å². The average molecular weight is 274 g/mol. The van der Waals surface area contributed by atoms with E-state index in [2.05, 4.69) is 34.5 Å². The molecule has 3 heteroatoms. The highest BCUT2D eigenvalue weighted by atomic mass is 16.5. The van der Waals surface area contributed by atoms with E-state index in [0.717, 1.165) is 26.2 Å². The lowest BCUT2D eigenvalue weighted by Crippen LogP contribution is -2.20. The summed E-state index contributed by atoms with van der Waals surface area (Å²) in [4.78, 5) is 2.55. The molecule has 3 nitrogen and oxygen atoms in total. The molecule has 3 rings (SSSR count). The first-order valence-corrected chi connectivity index (χ1v) is 8.06. The maximum atomic E-state index is 5.53. The van der Waals surface area contributed by atoms with Crippen LogP contribution >= 0.6 is 0 Å². The van der Waals surface area contributed by atoms with E-state index in [9.17, 15) is 0 Å². The molecule has 1 N–H and O–H groups in total. The molecule has 2 saturated heterocycles. The van der Waals surface area contributed by atoms with Crippen molar-refractivity contribution in [3.05, 3.63) is 29.8 Å². The molecule has 1 aromatic rings. The van der Waals surface area contributed by atoms with Crippen LogP contribution in [0.5, 0.6) is 0 Å². The van der Waals surface area contributed by atoms with Crippen LogP contribution in [0.25, 0.3) is 0 Å². The number of hydrogen-bond acceptors (Lipinski definition) is 3. The predicted molar refractivity (Wildman–Crippen MR) is 83.0 cm³/mol. The number of anilines is 1. The number of ether oxygens (including phenoxy) is 1. The van der Waals surface area contributed by atoms with Crippen LogP contribution in [0.15, 0.2) is 24.3 Å². The van der Waals surface area contributed by atoms with Gasteiger partial charge in [-0.1, -0.05) is 12.1 Å². The quantitative estimate of drug-likeness (QED) is 0.912. The first-order chi connectivity index (χ1) is 9.90. The van der Waals surface area contributed by atoms with Gasteiger partial charge in [0.25, 0.3) is 0 Å². The van der Waals surface area contributed by atoms with Crippen LogP contribution in [0.3, 0.4) is 0 Å². The van der Waals surface area contributed by atoms with Gasteiger partial charge in [0.1, 0.15) is 0 Å². The average Bonchev–Trinajstić information content (AvgIpc) is 2.82. The molecular weight excluding hydrogens is 248 g/mol. The van der Waals surface area contributed by atoms with E-state index in [-0.39, 0.29) is 0 Å². The second-order valence-electron chi connectivity index (χ2n) is 6.07. The van der Waals surface area contributed by atoms with Crippen molar-refractivity contribution in [2.75, 3.05) is 31.6 Å². The minimum atomic E-state index is 0.569. The molecule has 0 bridgehead atoms. The van der Waals surface area contributed by atoms with Gasteiger partial charge in [-0.05, 0) is 62.9 Å². The molecule has 20 heavy (non-hydrogen) atoms. The Morgan fingerprint density at radius 1 is 1.10 bits per heavy atom. The van der Waals surface area contributed by atoms with Crippen molar-refractivity contribution in [2.24, 2.45) is 0 Å². The number of benzene rings is 1. The van der Waals surface area contributed by atoms with Gasteiger partial charge >= 0.3 is 0 Å². The zero-order valence-electron chi connectivity index (χ0n) is 12.3. The molecule has 2 aliphatic heterocycles. The summed E-state index contributed by atoms with van der Waals surface area (Å²) in [7, 11) is 0. The van der Waals surface area contributed by atoms with Crippen molar-refractivity contribution in [3.63, 3.8) is 0 Å². The van der Waals surface area contributed by atoms with E-state index < -0.39 is 0 Å². The van der Waals surface area contributed by atoms with Gasteiger partial charge in [0.05, 0.1) is 0 Å². The SMILES string of the molecule is c1cc(CN2CCCC2)cc(NC2CCCOCC2)c1. The van der Waals surface area contributed by atoms with Crippen LogP contribution in [0.2, 0.25) is 0 Å². The number of rotatable bonds is 4. The minimum absolute atomic E-state index is 0.569. The summed E-state index contributed by atoms with van der Waals surface area (Å²) in [5.74, 6) is 0. The fourth-order valence-corrected chi connectivity index (χ4v) is 3.24. The molecule has 2 heterocycles.